The molecule has 2 heterocycles. The van der Waals surface area contributed by atoms with Crippen molar-refractivity contribution in [2.24, 2.45) is 0 Å². The molecule has 0 aliphatic carbocycles. The summed E-state index contributed by atoms with van der Waals surface area (Å²) in [5, 5.41) is 8.13. The van der Waals surface area contributed by atoms with E-state index in [1.807, 2.05) is 42.5 Å². The van der Waals surface area contributed by atoms with E-state index in [1.165, 1.54) is 10.9 Å². The number of nitrogens with zero attached hydrogens (tertiary/aromatic N) is 2. The maximum absolute atomic E-state index is 12.6. The second kappa shape index (κ2) is 7.79. The molecular formula is C24H17N3O4. The SMILES string of the molecule is O=C(Cn1ncc2c(=O)oc3ccccc3c21)Nc1ccc(Oc2ccccc2)cc1. The van der Waals surface area contributed by atoms with E-state index >= 15 is 0 Å². The molecule has 0 atom stereocenters. The molecule has 152 valence electrons. The summed E-state index contributed by atoms with van der Waals surface area (Å²) in [7, 11) is 0. The smallest absolute Gasteiger partial charge is 0.347 e. The molecule has 3 aromatic carbocycles. The molecule has 0 saturated carbocycles. The van der Waals surface area contributed by atoms with Crippen LogP contribution in [0.2, 0.25) is 0 Å². The third kappa shape index (κ3) is 3.76. The van der Waals surface area contributed by atoms with Crippen molar-refractivity contribution in [3.05, 3.63) is 95.5 Å². The van der Waals surface area contributed by atoms with E-state index in [1.54, 1.807) is 36.4 Å². The van der Waals surface area contributed by atoms with Gasteiger partial charge in [0.2, 0.25) is 5.91 Å². The van der Waals surface area contributed by atoms with Gasteiger partial charge >= 0.3 is 5.63 Å². The number of carbonyl (C=O) groups excluding carboxylic acids is 1. The molecule has 0 radical (unpaired) electrons. The summed E-state index contributed by atoms with van der Waals surface area (Å²) < 4.78 is 12.6. The Labute approximate surface area is 176 Å². The molecule has 2 aromatic heterocycles. The topological polar surface area (TPSA) is 86.4 Å². The maximum Gasteiger partial charge on any atom is 0.347 e. The van der Waals surface area contributed by atoms with Gasteiger partial charge in [-0.3, -0.25) is 9.48 Å². The van der Waals surface area contributed by atoms with Gasteiger partial charge in [0.25, 0.3) is 0 Å². The fourth-order valence-corrected chi connectivity index (χ4v) is 3.41. The van der Waals surface area contributed by atoms with Crippen molar-refractivity contribution < 1.29 is 13.9 Å². The minimum Gasteiger partial charge on any atom is -0.457 e. The summed E-state index contributed by atoms with van der Waals surface area (Å²) in [5.41, 5.74) is 1.19. The molecule has 0 aliphatic rings. The number of fused-ring (bicyclic) bond motifs is 3. The lowest BCUT2D eigenvalue weighted by atomic mass is 10.2. The molecule has 0 unspecified atom stereocenters. The second-order valence-electron chi connectivity index (χ2n) is 6.94. The van der Waals surface area contributed by atoms with E-state index in [2.05, 4.69) is 10.4 Å². The summed E-state index contributed by atoms with van der Waals surface area (Å²) in [4.78, 5) is 24.8. The summed E-state index contributed by atoms with van der Waals surface area (Å²) in [6, 6.07) is 23.7. The number of amides is 1. The molecule has 5 rings (SSSR count). The van der Waals surface area contributed by atoms with Crippen molar-refractivity contribution in [3.8, 4) is 11.5 Å². The number of rotatable bonds is 5. The molecular weight excluding hydrogens is 394 g/mol. The lowest BCUT2D eigenvalue weighted by Crippen LogP contribution is -2.19. The number of anilines is 1. The van der Waals surface area contributed by atoms with Gasteiger partial charge in [0.15, 0.2) is 0 Å². The van der Waals surface area contributed by atoms with Crippen molar-refractivity contribution in [1.82, 2.24) is 9.78 Å². The first-order valence-corrected chi connectivity index (χ1v) is 9.67. The fourth-order valence-electron chi connectivity index (χ4n) is 3.41. The number of ether oxygens (including phenoxy) is 1. The Kier molecular flexibility index (Phi) is 4.68. The Morgan fingerprint density at radius 3 is 2.42 bits per heavy atom. The molecule has 1 N–H and O–H groups in total. The number of nitrogens with one attached hydrogen (secondary N) is 1. The standard InChI is InChI=1S/C24H17N3O4/c28-22(26-16-10-12-18(13-11-16)30-17-6-2-1-3-7-17)15-27-23-19-8-4-5-9-21(19)31-24(29)20(23)14-25-27/h1-14H,15H2,(H,26,28). The van der Waals surface area contributed by atoms with Crippen LogP contribution in [0.15, 0.2) is 94.3 Å². The van der Waals surface area contributed by atoms with Crippen LogP contribution in [0.25, 0.3) is 21.9 Å². The Balaban J connectivity index is 1.34. The molecule has 0 fully saturated rings. The van der Waals surface area contributed by atoms with E-state index in [4.69, 9.17) is 9.15 Å². The van der Waals surface area contributed by atoms with Crippen molar-refractivity contribution in [1.29, 1.82) is 0 Å². The number of para-hydroxylation sites is 2. The largest absolute Gasteiger partial charge is 0.457 e. The van der Waals surface area contributed by atoms with Crippen molar-refractivity contribution in [3.63, 3.8) is 0 Å². The predicted molar refractivity (Wildman–Crippen MR) is 117 cm³/mol. The van der Waals surface area contributed by atoms with Gasteiger partial charge in [-0.25, -0.2) is 4.79 Å². The van der Waals surface area contributed by atoms with Crippen LogP contribution >= 0.6 is 0 Å². The van der Waals surface area contributed by atoms with Crippen LogP contribution in [-0.4, -0.2) is 15.7 Å². The van der Waals surface area contributed by atoms with Crippen molar-refractivity contribution in [2.75, 3.05) is 5.32 Å². The van der Waals surface area contributed by atoms with Gasteiger partial charge < -0.3 is 14.5 Å². The Morgan fingerprint density at radius 1 is 0.903 bits per heavy atom. The van der Waals surface area contributed by atoms with Crippen LogP contribution in [0.1, 0.15) is 0 Å². The Morgan fingerprint density at radius 2 is 1.61 bits per heavy atom. The summed E-state index contributed by atoms with van der Waals surface area (Å²) in [5.74, 6) is 1.14. The number of aromatic nitrogens is 2. The van der Waals surface area contributed by atoms with Gasteiger partial charge in [-0.15, -0.1) is 0 Å². The third-order valence-corrected chi connectivity index (χ3v) is 4.81. The zero-order valence-electron chi connectivity index (χ0n) is 16.3. The van der Waals surface area contributed by atoms with E-state index in [-0.39, 0.29) is 12.5 Å². The first-order chi connectivity index (χ1) is 15.2. The zero-order chi connectivity index (χ0) is 21.2. The van der Waals surface area contributed by atoms with E-state index in [0.717, 1.165) is 11.1 Å². The molecule has 0 aliphatic heterocycles. The average Bonchev–Trinajstić information content (AvgIpc) is 3.20. The highest BCUT2D eigenvalue weighted by atomic mass is 16.5. The number of benzene rings is 3. The van der Waals surface area contributed by atoms with E-state index < -0.39 is 5.63 Å². The van der Waals surface area contributed by atoms with E-state index in [9.17, 15) is 9.59 Å². The minimum atomic E-state index is -0.477. The Bertz CT molecular complexity index is 1440. The van der Waals surface area contributed by atoms with Crippen LogP contribution in [0, 0.1) is 0 Å². The summed E-state index contributed by atoms with van der Waals surface area (Å²) in [6.07, 6.45) is 1.43. The minimum absolute atomic E-state index is 0.0424. The van der Waals surface area contributed by atoms with Gasteiger partial charge in [-0.2, -0.15) is 5.10 Å². The van der Waals surface area contributed by atoms with Gasteiger partial charge in [0.1, 0.15) is 29.0 Å². The summed E-state index contributed by atoms with van der Waals surface area (Å²) >= 11 is 0. The van der Waals surface area contributed by atoms with Crippen LogP contribution in [0.4, 0.5) is 5.69 Å². The predicted octanol–water partition coefficient (Wildman–Crippen LogP) is 4.57. The quantitative estimate of drug-likeness (QED) is 0.428. The first-order valence-electron chi connectivity index (χ1n) is 9.67. The second-order valence-corrected chi connectivity index (χ2v) is 6.94. The molecule has 7 heteroatoms. The van der Waals surface area contributed by atoms with Gasteiger partial charge in [-0.05, 0) is 48.5 Å². The molecule has 0 spiro atoms. The highest BCUT2D eigenvalue weighted by Gasteiger charge is 2.15. The van der Waals surface area contributed by atoms with Crippen LogP contribution in [-0.2, 0) is 11.3 Å². The van der Waals surface area contributed by atoms with Crippen LogP contribution in [0.5, 0.6) is 11.5 Å². The molecule has 1 amide bonds. The summed E-state index contributed by atoms with van der Waals surface area (Å²) in [6.45, 7) is -0.0424. The van der Waals surface area contributed by atoms with Gasteiger partial charge in [0.05, 0.1) is 11.7 Å². The number of hydrogen-bond acceptors (Lipinski definition) is 5. The average molecular weight is 411 g/mol. The van der Waals surface area contributed by atoms with Crippen molar-refractivity contribution in [2.45, 2.75) is 6.54 Å². The lowest BCUT2D eigenvalue weighted by Gasteiger charge is -2.09. The van der Waals surface area contributed by atoms with Crippen LogP contribution in [0.3, 0.4) is 0 Å². The number of hydrogen-bond donors (Lipinski definition) is 1. The fraction of sp³-hybridized carbons (Fsp3) is 0.0417. The monoisotopic (exact) mass is 411 g/mol. The molecule has 7 nitrogen and oxygen atoms in total. The molecule has 0 saturated heterocycles. The van der Waals surface area contributed by atoms with Crippen molar-refractivity contribution >= 4 is 33.5 Å². The number of carbonyl (C=O) groups is 1. The molecule has 0 bridgehead atoms. The third-order valence-electron chi connectivity index (χ3n) is 4.81. The highest BCUT2D eigenvalue weighted by Crippen LogP contribution is 2.24. The maximum atomic E-state index is 12.6. The van der Waals surface area contributed by atoms with E-state index in [0.29, 0.717) is 27.9 Å². The Hall–Kier alpha value is -4.39. The van der Waals surface area contributed by atoms with Gasteiger partial charge in [-0.1, -0.05) is 30.3 Å². The highest BCUT2D eigenvalue weighted by molar-refractivity contribution is 6.02. The molecule has 31 heavy (non-hydrogen) atoms. The molecule has 5 aromatic rings. The van der Waals surface area contributed by atoms with Gasteiger partial charge in [0, 0.05) is 11.1 Å². The lowest BCUT2D eigenvalue weighted by molar-refractivity contribution is -0.116. The first kappa shape index (κ1) is 18.6. The normalized spacial score (nSPS) is 11.0. The zero-order valence-corrected chi connectivity index (χ0v) is 16.3. The van der Waals surface area contributed by atoms with Crippen LogP contribution < -0.4 is 15.7 Å².